The minimum absolute atomic E-state index is 0.0728. The Hall–Kier alpha value is -8.21. The van der Waals surface area contributed by atoms with Crippen LogP contribution in [0.1, 0.15) is 5.48 Å². The lowest BCUT2D eigenvalue weighted by molar-refractivity contribution is 1.07. The first kappa shape index (κ1) is 31.7. The van der Waals surface area contributed by atoms with Crippen molar-refractivity contribution >= 4 is 21.8 Å². The predicted molar refractivity (Wildman–Crippen MR) is 252 cm³/mol. The summed E-state index contributed by atoms with van der Waals surface area (Å²) in [6.07, 6.45) is 0. The Kier molecular flexibility index (Phi) is 8.07. The van der Waals surface area contributed by atoms with Crippen LogP contribution in [0.15, 0.2) is 230 Å². The number of fused-ring (bicyclic) bond motifs is 3. The van der Waals surface area contributed by atoms with Gasteiger partial charge >= 0.3 is 0 Å². The summed E-state index contributed by atoms with van der Waals surface area (Å²) >= 11 is 0. The lowest BCUT2D eigenvalue weighted by Crippen LogP contribution is -2.01. The van der Waals surface area contributed by atoms with Gasteiger partial charge in [0.1, 0.15) is 0 Å². The summed E-state index contributed by atoms with van der Waals surface area (Å²) in [6, 6.07) is 68.8. The van der Waals surface area contributed by atoms with Crippen LogP contribution >= 0.6 is 0 Å². The molecule has 286 valence electrons. The first-order chi connectivity index (χ1) is 31.9. The van der Waals surface area contributed by atoms with E-state index in [1.165, 1.54) is 0 Å². The summed E-state index contributed by atoms with van der Waals surface area (Å²) < 4.78 is 37.7. The SMILES string of the molecule is [2H]c1c([2H])c([2H])c2c(c1[2H])c1cccc(-c3ccc(-c4ccccc4)cc3)c1n2-c1ccc(-c2nc(-c3ccc(-c4ccccc4)cc3)nc(-c3cccc(-c4ccccc4)c3)n2)cc1. The van der Waals surface area contributed by atoms with Crippen molar-refractivity contribution in [1.82, 2.24) is 19.5 Å². The molecule has 0 aliphatic rings. The zero-order chi connectivity index (χ0) is 44.0. The molecule has 0 spiro atoms. The van der Waals surface area contributed by atoms with Crippen molar-refractivity contribution in [3.63, 3.8) is 0 Å². The van der Waals surface area contributed by atoms with E-state index in [4.69, 9.17) is 19.1 Å². The van der Waals surface area contributed by atoms with Gasteiger partial charge in [-0.2, -0.15) is 0 Å². The molecule has 0 saturated heterocycles. The highest BCUT2D eigenvalue weighted by Crippen LogP contribution is 2.39. The number of benzene rings is 9. The lowest BCUT2D eigenvalue weighted by atomic mass is 9.98. The molecular weight excluding hydrogens is 741 g/mol. The van der Waals surface area contributed by atoms with Crippen LogP contribution in [0.4, 0.5) is 0 Å². The van der Waals surface area contributed by atoms with E-state index in [1.807, 2.05) is 126 Å². The van der Waals surface area contributed by atoms with Crippen LogP contribution < -0.4 is 0 Å². The highest BCUT2D eigenvalue weighted by Gasteiger charge is 2.18. The maximum Gasteiger partial charge on any atom is 0.164 e. The zero-order valence-corrected chi connectivity index (χ0v) is 32.9. The second-order valence-electron chi connectivity index (χ2n) is 14.9. The van der Waals surface area contributed by atoms with E-state index < -0.39 is 0 Å². The second kappa shape index (κ2) is 15.5. The third kappa shape index (κ3) is 6.86. The number of rotatable bonds is 8. The fourth-order valence-electron chi connectivity index (χ4n) is 8.16. The molecule has 11 rings (SSSR count). The topological polar surface area (TPSA) is 43.6 Å². The molecule has 0 bridgehead atoms. The fraction of sp³-hybridized carbons (Fsp3) is 0. The maximum absolute atomic E-state index is 9.23. The Labute approximate surface area is 360 Å². The average molecular weight is 783 g/mol. The van der Waals surface area contributed by atoms with Crippen LogP contribution in [0.3, 0.4) is 0 Å². The van der Waals surface area contributed by atoms with E-state index >= 15 is 0 Å². The van der Waals surface area contributed by atoms with Crippen LogP contribution in [0.5, 0.6) is 0 Å². The highest BCUT2D eigenvalue weighted by atomic mass is 15.0. The molecule has 0 aliphatic heterocycles. The van der Waals surface area contributed by atoms with Crippen molar-refractivity contribution < 1.29 is 5.48 Å². The number of hydrogen-bond acceptors (Lipinski definition) is 3. The number of para-hydroxylation sites is 2. The van der Waals surface area contributed by atoms with E-state index in [2.05, 4.69) is 84.9 Å². The molecule has 0 amide bonds. The molecule has 9 aromatic carbocycles. The molecule has 11 aromatic rings. The standard InChI is InChI=1S/C57H38N4/c1-4-14-39(15-5-1)42-26-30-44(31-27-42)50-23-13-24-52-51-22-10-11-25-53(51)61(54(50)52)49-36-34-46(35-37-49)56-58-55(45-32-28-43(29-33-45)40-16-6-2-7-17-40)59-57(60-56)48-21-12-20-47(38-48)41-18-8-3-9-19-41/h1-38H/i10D,11D,22D,25D. The monoisotopic (exact) mass is 782 g/mol. The van der Waals surface area contributed by atoms with Gasteiger partial charge in [0.2, 0.25) is 0 Å². The van der Waals surface area contributed by atoms with E-state index in [0.717, 1.165) is 77.8 Å². The molecule has 0 N–H and O–H groups in total. The number of nitrogens with zero attached hydrogens (tertiary/aromatic N) is 4. The molecule has 0 saturated carbocycles. The normalized spacial score (nSPS) is 12.2. The lowest BCUT2D eigenvalue weighted by Gasteiger charge is -2.13. The van der Waals surface area contributed by atoms with E-state index in [9.17, 15) is 1.37 Å². The summed E-state index contributed by atoms with van der Waals surface area (Å²) in [6.45, 7) is 0. The molecule has 2 aromatic heterocycles. The summed E-state index contributed by atoms with van der Waals surface area (Å²) in [4.78, 5) is 15.2. The Balaban J connectivity index is 1.06. The van der Waals surface area contributed by atoms with Gasteiger partial charge in [0.25, 0.3) is 0 Å². The van der Waals surface area contributed by atoms with Gasteiger partial charge in [0.15, 0.2) is 17.5 Å². The van der Waals surface area contributed by atoms with Gasteiger partial charge in [-0.25, -0.2) is 15.0 Å². The van der Waals surface area contributed by atoms with Crippen LogP contribution in [0.2, 0.25) is 0 Å². The van der Waals surface area contributed by atoms with Crippen molar-refractivity contribution in [2.75, 3.05) is 0 Å². The van der Waals surface area contributed by atoms with Crippen LogP contribution in [-0.4, -0.2) is 19.5 Å². The molecule has 4 heteroatoms. The Morgan fingerprint density at radius 1 is 0.328 bits per heavy atom. The average Bonchev–Trinajstić information content (AvgIpc) is 3.74. The Morgan fingerprint density at radius 2 is 0.754 bits per heavy atom. The highest BCUT2D eigenvalue weighted by molar-refractivity contribution is 6.13. The van der Waals surface area contributed by atoms with Crippen molar-refractivity contribution in [1.29, 1.82) is 0 Å². The van der Waals surface area contributed by atoms with E-state index in [-0.39, 0.29) is 24.2 Å². The first-order valence-corrected chi connectivity index (χ1v) is 20.3. The van der Waals surface area contributed by atoms with Gasteiger partial charge in [-0.05, 0) is 75.3 Å². The predicted octanol–water partition coefficient (Wildman–Crippen LogP) is 14.6. The quantitative estimate of drug-likeness (QED) is 0.154. The number of aromatic nitrogens is 4. The molecule has 0 atom stereocenters. The molecular formula is C57H38N4. The van der Waals surface area contributed by atoms with Crippen molar-refractivity contribution in [2.45, 2.75) is 0 Å². The van der Waals surface area contributed by atoms with Crippen molar-refractivity contribution in [3.8, 4) is 84.4 Å². The van der Waals surface area contributed by atoms with Crippen LogP contribution in [0, 0.1) is 0 Å². The summed E-state index contributed by atoms with van der Waals surface area (Å²) in [5, 5.41) is 1.21. The summed E-state index contributed by atoms with van der Waals surface area (Å²) in [7, 11) is 0. The van der Waals surface area contributed by atoms with Gasteiger partial charge in [-0.1, -0.05) is 194 Å². The van der Waals surface area contributed by atoms with E-state index in [0.29, 0.717) is 28.4 Å². The fourth-order valence-corrected chi connectivity index (χ4v) is 8.16. The minimum Gasteiger partial charge on any atom is -0.309 e. The van der Waals surface area contributed by atoms with Gasteiger partial charge < -0.3 is 4.57 Å². The maximum atomic E-state index is 9.23. The van der Waals surface area contributed by atoms with Gasteiger partial charge in [0, 0.05) is 38.7 Å². The summed E-state index contributed by atoms with van der Waals surface area (Å²) in [5.74, 6) is 1.58. The van der Waals surface area contributed by atoms with Crippen molar-refractivity contribution in [2.24, 2.45) is 0 Å². The second-order valence-corrected chi connectivity index (χ2v) is 14.9. The van der Waals surface area contributed by atoms with Gasteiger partial charge in [-0.15, -0.1) is 0 Å². The van der Waals surface area contributed by atoms with Gasteiger partial charge in [0.05, 0.1) is 16.5 Å². The zero-order valence-electron chi connectivity index (χ0n) is 36.9. The Morgan fingerprint density at radius 3 is 1.34 bits per heavy atom. The largest absolute Gasteiger partial charge is 0.309 e. The van der Waals surface area contributed by atoms with Crippen molar-refractivity contribution in [3.05, 3.63) is 230 Å². The van der Waals surface area contributed by atoms with Crippen LogP contribution in [0.25, 0.3) is 106 Å². The smallest absolute Gasteiger partial charge is 0.164 e. The third-order valence-electron chi connectivity index (χ3n) is 11.2. The molecule has 0 radical (unpaired) electrons. The van der Waals surface area contributed by atoms with Crippen LogP contribution in [-0.2, 0) is 0 Å². The molecule has 61 heavy (non-hydrogen) atoms. The van der Waals surface area contributed by atoms with E-state index in [1.54, 1.807) is 0 Å². The first-order valence-electron chi connectivity index (χ1n) is 22.3. The Bertz CT molecular complexity index is 3540. The molecule has 2 heterocycles. The summed E-state index contributed by atoms with van der Waals surface area (Å²) in [5.41, 5.74) is 12.9. The minimum atomic E-state index is -0.282. The molecule has 0 fully saturated rings. The molecule has 4 nitrogen and oxygen atoms in total. The molecule has 0 aliphatic carbocycles. The third-order valence-corrected chi connectivity index (χ3v) is 11.2. The molecule has 0 unspecified atom stereocenters. The van der Waals surface area contributed by atoms with Gasteiger partial charge in [-0.3, -0.25) is 0 Å². The number of hydrogen-bond donors (Lipinski definition) is 0.